The Labute approximate surface area is 110 Å². The molecule has 6 nitrogen and oxygen atoms in total. The van der Waals surface area contributed by atoms with Gasteiger partial charge in [0.05, 0.1) is 5.56 Å². The molecule has 0 amide bonds. The van der Waals surface area contributed by atoms with E-state index in [0.717, 1.165) is 0 Å². The molecule has 1 unspecified atom stereocenters. The van der Waals surface area contributed by atoms with E-state index in [0.29, 0.717) is 5.56 Å². The van der Waals surface area contributed by atoms with Gasteiger partial charge in [-0.2, -0.15) is 0 Å². The van der Waals surface area contributed by atoms with Crippen molar-refractivity contribution in [2.24, 2.45) is 0 Å². The van der Waals surface area contributed by atoms with Crippen LogP contribution in [0.2, 0.25) is 0 Å². The largest absolute Gasteiger partial charge is 0.459 e. The smallest absolute Gasteiger partial charge is 0.338 e. The summed E-state index contributed by atoms with van der Waals surface area (Å²) >= 11 is 0. The van der Waals surface area contributed by atoms with Crippen LogP contribution in [0.4, 0.5) is 0 Å². The van der Waals surface area contributed by atoms with Gasteiger partial charge >= 0.3 is 5.97 Å². The average molecular weight is 268 g/mol. The Bertz CT molecular complexity index is 444. The van der Waals surface area contributed by atoms with Crippen LogP contribution in [0.1, 0.15) is 17.3 Å². The Morgan fingerprint density at radius 2 is 2.00 bits per heavy atom. The predicted octanol–water partition coefficient (Wildman–Crippen LogP) is -0.327. The summed E-state index contributed by atoms with van der Waals surface area (Å²) in [6.45, 7) is 1.06. The Morgan fingerprint density at radius 1 is 1.37 bits per heavy atom. The maximum atomic E-state index is 11.7. The molecule has 0 saturated carbocycles. The summed E-state index contributed by atoms with van der Waals surface area (Å²) in [5, 5.41) is 28.8. The van der Waals surface area contributed by atoms with Gasteiger partial charge in [-0.1, -0.05) is 18.2 Å². The van der Waals surface area contributed by atoms with Crippen molar-refractivity contribution in [1.82, 2.24) is 0 Å². The molecule has 1 heterocycles. The first-order valence-electron chi connectivity index (χ1n) is 5.89. The summed E-state index contributed by atoms with van der Waals surface area (Å²) in [7, 11) is 0. The zero-order valence-electron chi connectivity index (χ0n) is 10.4. The van der Waals surface area contributed by atoms with E-state index in [1.807, 2.05) is 0 Å². The standard InChI is InChI=1S/C13H16O6/c1-13(17)9(19-12(16)10(13)14)7-18-11(15)8-5-3-2-4-6-8/h2-6,9-10,12,14,16-17H,7H2,1H3/t9-,10+,12?,13-/m1/s1. The number of rotatable bonds is 3. The summed E-state index contributed by atoms with van der Waals surface area (Å²) in [6.07, 6.45) is -3.91. The molecule has 4 atom stereocenters. The Balaban J connectivity index is 1.95. The molecule has 0 radical (unpaired) electrons. The summed E-state index contributed by atoms with van der Waals surface area (Å²) < 4.78 is 9.95. The fourth-order valence-electron chi connectivity index (χ4n) is 1.88. The summed E-state index contributed by atoms with van der Waals surface area (Å²) in [6, 6.07) is 8.37. The average Bonchev–Trinajstić information content (AvgIpc) is 2.60. The van der Waals surface area contributed by atoms with Crippen LogP contribution in [0.25, 0.3) is 0 Å². The quantitative estimate of drug-likeness (QED) is 0.650. The molecule has 2 rings (SSSR count). The second-order valence-corrected chi connectivity index (χ2v) is 4.65. The molecule has 3 N–H and O–H groups in total. The first-order chi connectivity index (χ1) is 8.93. The van der Waals surface area contributed by atoms with Gasteiger partial charge in [0.2, 0.25) is 0 Å². The van der Waals surface area contributed by atoms with Gasteiger partial charge in [-0.25, -0.2) is 4.79 Å². The van der Waals surface area contributed by atoms with Crippen molar-refractivity contribution in [2.75, 3.05) is 6.61 Å². The molecular formula is C13H16O6. The number of carbonyl (C=O) groups is 1. The zero-order valence-corrected chi connectivity index (χ0v) is 10.4. The van der Waals surface area contributed by atoms with E-state index >= 15 is 0 Å². The highest BCUT2D eigenvalue weighted by molar-refractivity contribution is 5.89. The second-order valence-electron chi connectivity index (χ2n) is 4.65. The molecule has 1 aromatic carbocycles. The van der Waals surface area contributed by atoms with E-state index in [-0.39, 0.29) is 6.61 Å². The highest BCUT2D eigenvalue weighted by atomic mass is 16.7. The summed E-state index contributed by atoms with van der Waals surface area (Å²) in [5.41, 5.74) is -1.29. The van der Waals surface area contributed by atoms with E-state index in [4.69, 9.17) is 9.47 Å². The molecule has 6 heteroatoms. The molecule has 1 saturated heterocycles. The summed E-state index contributed by atoms with van der Waals surface area (Å²) in [4.78, 5) is 11.7. The molecule has 0 bridgehead atoms. The number of carbonyl (C=O) groups excluding carboxylic acids is 1. The Morgan fingerprint density at radius 3 is 2.53 bits per heavy atom. The first-order valence-corrected chi connectivity index (χ1v) is 5.89. The first kappa shape index (κ1) is 14.0. The van der Waals surface area contributed by atoms with Crippen molar-refractivity contribution >= 4 is 5.97 Å². The number of benzene rings is 1. The number of hydrogen-bond donors (Lipinski definition) is 3. The van der Waals surface area contributed by atoms with Crippen LogP contribution in [0.5, 0.6) is 0 Å². The van der Waals surface area contributed by atoms with Gasteiger partial charge in [0.25, 0.3) is 0 Å². The van der Waals surface area contributed by atoms with Crippen molar-refractivity contribution in [3.05, 3.63) is 35.9 Å². The van der Waals surface area contributed by atoms with E-state index in [1.165, 1.54) is 6.92 Å². The van der Waals surface area contributed by atoms with Crippen molar-refractivity contribution in [3.63, 3.8) is 0 Å². The van der Waals surface area contributed by atoms with Crippen molar-refractivity contribution in [1.29, 1.82) is 0 Å². The maximum absolute atomic E-state index is 11.7. The normalized spacial score (nSPS) is 34.2. The fourth-order valence-corrected chi connectivity index (χ4v) is 1.88. The van der Waals surface area contributed by atoms with Crippen molar-refractivity contribution in [2.45, 2.75) is 31.0 Å². The topological polar surface area (TPSA) is 96.2 Å². The highest BCUT2D eigenvalue weighted by Crippen LogP contribution is 2.30. The molecule has 1 aromatic rings. The number of hydrogen-bond acceptors (Lipinski definition) is 6. The van der Waals surface area contributed by atoms with Gasteiger partial charge in [0.15, 0.2) is 6.29 Å². The van der Waals surface area contributed by atoms with Crippen LogP contribution >= 0.6 is 0 Å². The van der Waals surface area contributed by atoms with E-state index in [1.54, 1.807) is 30.3 Å². The molecule has 1 fully saturated rings. The van der Waals surface area contributed by atoms with Crippen LogP contribution in [0.15, 0.2) is 30.3 Å². The minimum Gasteiger partial charge on any atom is -0.459 e. The number of aliphatic hydroxyl groups is 3. The van der Waals surface area contributed by atoms with Crippen LogP contribution in [-0.2, 0) is 9.47 Å². The SMILES string of the molecule is C[C@@]1(O)[C@@H](COC(=O)c2ccccc2)OC(O)[C@@H]1O. The van der Waals surface area contributed by atoms with Gasteiger partial charge in [-0.3, -0.25) is 0 Å². The van der Waals surface area contributed by atoms with Gasteiger partial charge in [0.1, 0.15) is 24.4 Å². The lowest BCUT2D eigenvalue weighted by Crippen LogP contribution is -2.47. The van der Waals surface area contributed by atoms with E-state index in [9.17, 15) is 20.1 Å². The molecule has 1 aliphatic rings. The minimum absolute atomic E-state index is 0.255. The lowest BCUT2D eigenvalue weighted by Gasteiger charge is -2.25. The van der Waals surface area contributed by atoms with Crippen LogP contribution in [-0.4, -0.2) is 52.0 Å². The van der Waals surface area contributed by atoms with Crippen molar-refractivity contribution in [3.8, 4) is 0 Å². The highest BCUT2D eigenvalue weighted by Gasteiger charge is 2.52. The molecule has 0 spiro atoms. The zero-order chi connectivity index (χ0) is 14.0. The third-order valence-electron chi connectivity index (χ3n) is 3.20. The van der Waals surface area contributed by atoms with Crippen molar-refractivity contribution < 1.29 is 29.6 Å². The third kappa shape index (κ3) is 2.76. The maximum Gasteiger partial charge on any atom is 0.338 e. The van der Waals surface area contributed by atoms with E-state index < -0.39 is 30.1 Å². The predicted molar refractivity (Wildman–Crippen MR) is 64.2 cm³/mol. The van der Waals surface area contributed by atoms with E-state index in [2.05, 4.69) is 0 Å². The number of ether oxygens (including phenoxy) is 2. The minimum atomic E-state index is -1.67. The molecular weight excluding hydrogens is 252 g/mol. The molecule has 19 heavy (non-hydrogen) atoms. The molecule has 0 aromatic heterocycles. The van der Waals surface area contributed by atoms with Gasteiger partial charge in [-0.05, 0) is 19.1 Å². The molecule has 1 aliphatic heterocycles. The lowest BCUT2D eigenvalue weighted by molar-refractivity contribution is -0.133. The lowest BCUT2D eigenvalue weighted by atomic mass is 9.95. The Kier molecular flexibility index (Phi) is 3.86. The Hall–Kier alpha value is -1.47. The summed E-state index contributed by atoms with van der Waals surface area (Å²) in [5.74, 6) is -0.559. The van der Waals surface area contributed by atoms with Gasteiger partial charge < -0.3 is 24.8 Å². The molecule has 0 aliphatic carbocycles. The van der Waals surface area contributed by atoms with Gasteiger partial charge in [-0.15, -0.1) is 0 Å². The number of esters is 1. The van der Waals surface area contributed by atoms with Crippen LogP contribution in [0, 0.1) is 0 Å². The molecule has 104 valence electrons. The fraction of sp³-hybridized carbons (Fsp3) is 0.462. The third-order valence-corrected chi connectivity index (χ3v) is 3.20. The second kappa shape index (κ2) is 5.26. The van der Waals surface area contributed by atoms with Crippen LogP contribution < -0.4 is 0 Å². The van der Waals surface area contributed by atoms with Gasteiger partial charge in [0, 0.05) is 0 Å². The van der Waals surface area contributed by atoms with Crippen LogP contribution in [0.3, 0.4) is 0 Å². The number of aliphatic hydroxyl groups excluding tert-OH is 2. The monoisotopic (exact) mass is 268 g/mol.